The van der Waals surface area contributed by atoms with Crippen LogP contribution in [-0.2, 0) is 0 Å². The minimum absolute atomic E-state index is 0.552. The summed E-state index contributed by atoms with van der Waals surface area (Å²) in [5.74, 6) is 1.69. The molecule has 298 valence electrons. The van der Waals surface area contributed by atoms with E-state index in [1.54, 1.807) is 0 Å². The molecular weight excluding hydrogens is 807 g/mol. The number of hydrogen-bond donors (Lipinski definition) is 0. The summed E-state index contributed by atoms with van der Waals surface area (Å²) in [5.41, 5.74) is 11.8. The zero-order valence-corrected chi connectivity index (χ0v) is 34.7. The fraction of sp³-hybridized carbons (Fsp3) is 0. The lowest BCUT2D eigenvalue weighted by Gasteiger charge is -2.09. The van der Waals surface area contributed by atoms with Crippen molar-refractivity contribution in [2.24, 2.45) is 0 Å². The first-order chi connectivity index (χ1) is 31.7. The molecule has 0 spiro atoms. The first-order valence-corrected chi connectivity index (χ1v) is 22.1. The molecule has 5 heterocycles. The lowest BCUT2D eigenvalue weighted by Crippen LogP contribution is -2.00. The second kappa shape index (κ2) is 13.6. The van der Waals surface area contributed by atoms with Gasteiger partial charge in [0.15, 0.2) is 17.5 Å². The molecule has 0 saturated carbocycles. The number of rotatable bonds is 5. The topological polar surface area (TPSA) is 78.1 Å². The van der Waals surface area contributed by atoms with Crippen molar-refractivity contribution in [3.8, 4) is 56.4 Å². The summed E-state index contributed by atoms with van der Waals surface area (Å²) in [6.07, 6.45) is 0. The molecule has 0 unspecified atom stereocenters. The van der Waals surface area contributed by atoms with Crippen LogP contribution in [-0.4, -0.2) is 15.0 Å². The van der Waals surface area contributed by atoms with Gasteiger partial charge in [0, 0.05) is 74.7 Å². The van der Waals surface area contributed by atoms with E-state index in [4.69, 9.17) is 28.2 Å². The van der Waals surface area contributed by atoms with Crippen molar-refractivity contribution in [3.63, 3.8) is 0 Å². The van der Waals surface area contributed by atoms with Crippen molar-refractivity contribution < 1.29 is 13.3 Å². The number of hydrogen-bond acceptors (Lipinski definition) is 7. The van der Waals surface area contributed by atoms with E-state index in [1.165, 1.54) is 20.2 Å². The van der Waals surface area contributed by atoms with Gasteiger partial charge < -0.3 is 13.3 Å². The Hall–Kier alpha value is -8.39. The zero-order chi connectivity index (χ0) is 41.9. The summed E-state index contributed by atoms with van der Waals surface area (Å²) < 4.78 is 22.2. The smallest absolute Gasteiger partial charge is 0.164 e. The molecule has 0 aliphatic heterocycles. The van der Waals surface area contributed by atoms with Crippen LogP contribution in [0.1, 0.15) is 0 Å². The number of furan rings is 3. The summed E-state index contributed by atoms with van der Waals surface area (Å²) >= 11 is 1.83. The molecule has 5 aromatic heterocycles. The van der Waals surface area contributed by atoms with Crippen LogP contribution in [0.15, 0.2) is 201 Å². The van der Waals surface area contributed by atoms with Crippen molar-refractivity contribution in [2.75, 3.05) is 0 Å². The molecule has 7 heteroatoms. The predicted octanol–water partition coefficient (Wildman–Crippen LogP) is 16.3. The second-order valence-electron chi connectivity index (χ2n) is 16.2. The zero-order valence-electron chi connectivity index (χ0n) is 33.9. The molecule has 0 saturated heterocycles. The van der Waals surface area contributed by atoms with Crippen LogP contribution in [0.25, 0.3) is 142 Å². The fourth-order valence-corrected chi connectivity index (χ4v) is 10.7. The number of benzene rings is 9. The Balaban J connectivity index is 0.929. The average molecular weight is 838 g/mol. The van der Waals surface area contributed by atoms with Gasteiger partial charge in [-0.15, -0.1) is 11.3 Å². The van der Waals surface area contributed by atoms with Crippen molar-refractivity contribution in [1.29, 1.82) is 0 Å². The van der Waals surface area contributed by atoms with Crippen molar-refractivity contribution >= 4 is 97.3 Å². The fourth-order valence-electron chi connectivity index (χ4n) is 9.60. The first-order valence-electron chi connectivity index (χ1n) is 21.2. The Kier molecular flexibility index (Phi) is 7.46. The summed E-state index contributed by atoms with van der Waals surface area (Å²) in [4.78, 5) is 15.4. The van der Waals surface area contributed by atoms with Gasteiger partial charge in [-0.1, -0.05) is 133 Å². The minimum Gasteiger partial charge on any atom is -0.456 e. The summed E-state index contributed by atoms with van der Waals surface area (Å²) in [6, 6.07) is 65.0. The largest absolute Gasteiger partial charge is 0.456 e. The average Bonchev–Trinajstić information content (AvgIpc) is 4.13. The highest BCUT2D eigenvalue weighted by Crippen LogP contribution is 2.44. The highest BCUT2D eigenvalue weighted by atomic mass is 32.1. The van der Waals surface area contributed by atoms with Gasteiger partial charge in [-0.05, 0) is 71.3 Å². The van der Waals surface area contributed by atoms with Crippen molar-refractivity contribution in [1.82, 2.24) is 15.0 Å². The van der Waals surface area contributed by atoms with E-state index in [2.05, 4.69) is 121 Å². The van der Waals surface area contributed by atoms with E-state index in [0.29, 0.717) is 17.5 Å². The van der Waals surface area contributed by atoms with Crippen LogP contribution in [0.3, 0.4) is 0 Å². The molecular formula is C57H31N3O3S. The second-order valence-corrected chi connectivity index (χ2v) is 17.3. The highest BCUT2D eigenvalue weighted by Gasteiger charge is 2.21. The lowest BCUT2D eigenvalue weighted by atomic mass is 9.95. The number of fused-ring (bicyclic) bond motifs is 12. The van der Waals surface area contributed by atoms with Crippen LogP contribution in [0, 0.1) is 0 Å². The van der Waals surface area contributed by atoms with Gasteiger partial charge in [-0.2, -0.15) is 0 Å². The minimum atomic E-state index is 0.552. The molecule has 0 radical (unpaired) electrons. The van der Waals surface area contributed by atoms with Gasteiger partial charge in [0.25, 0.3) is 0 Å². The Morgan fingerprint density at radius 3 is 1.78 bits per heavy atom. The van der Waals surface area contributed by atoms with E-state index in [9.17, 15) is 0 Å². The quantitative estimate of drug-likeness (QED) is 0.172. The van der Waals surface area contributed by atoms with Crippen molar-refractivity contribution in [2.45, 2.75) is 0 Å². The molecule has 0 bridgehead atoms. The van der Waals surface area contributed by atoms with Gasteiger partial charge >= 0.3 is 0 Å². The van der Waals surface area contributed by atoms with E-state index in [-0.39, 0.29) is 0 Å². The summed E-state index contributed by atoms with van der Waals surface area (Å²) in [7, 11) is 0. The lowest BCUT2D eigenvalue weighted by molar-refractivity contribution is 0.668. The first kappa shape index (κ1) is 35.2. The van der Waals surface area contributed by atoms with Gasteiger partial charge in [0.05, 0.1) is 0 Å². The predicted molar refractivity (Wildman–Crippen MR) is 262 cm³/mol. The molecule has 64 heavy (non-hydrogen) atoms. The maximum absolute atomic E-state index is 6.78. The third-order valence-electron chi connectivity index (χ3n) is 12.6. The van der Waals surface area contributed by atoms with Gasteiger partial charge in [-0.3, -0.25) is 0 Å². The van der Waals surface area contributed by atoms with E-state index in [1.807, 2.05) is 78.1 Å². The number of thiophene rings is 1. The Labute approximate surface area is 368 Å². The SMILES string of the molecule is c1ccc(-c2nc(-c3ccc4c(c3)oc3ccccc34)nc(-c3cccc4oc5ccc(-c6cccc7oc8c(-c9ccc%10c(c9)sc9ccccc9%10)cccc8c67)cc5c34)n2)cc1. The molecule has 0 atom stereocenters. The molecule has 14 aromatic rings. The third-order valence-corrected chi connectivity index (χ3v) is 13.7. The molecule has 0 N–H and O–H groups in total. The molecule has 9 aromatic carbocycles. The normalized spacial score (nSPS) is 12.1. The van der Waals surface area contributed by atoms with E-state index < -0.39 is 0 Å². The Morgan fingerprint density at radius 1 is 0.297 bits per heavy atom. The molecule has 14 rings (SSSR count). The van der Waals surface area contributed by atoms with E-state index in [0.717, 1.165) is 105 Å². The number of para-hydroxylation sites is 2. The maximum Gasteiger partial charge on any atom is 0.164 e. The van der Waals surface area contributed by atoms with Crippen LogP contribution < -0.4 is 0 Å². The molecule has 0 amide bonds. The highest BCUT2D eigenvalue weighted by molar-refractivity contribution is 7.25. The summed E-state index contributed by atoms with van der Waals surface area (Å²) in [5, 5.41) is 8.75. The molecule has 0 fully saturated rings. The molecule has 6 nitrogen and oxygen atoms in total. The van der Waals surface area contributed by atoms with Crippen LogP contribution >= 0.6 is 11.3 Å². The Morgan fingerprint density at radius 2 is 0.875 bits per heavy atom. The maximum atomic E-state index is 6.78. The van der Waals surface area contributed by atoms with Gasteiger partial charge in [0.1, 0.15) is 33.5 Å². The third kappa shape index (κ3) is 5.35. The standard InChI is InChI=1S/C57H31N3O3S/c1-2-11-32(12-3-1)55-58-56(35-24-26-39-38-13-4-6-19-45(38)62-49(39)30-35)60-57(59-55)43-18-10-20-47-53(43)44-29-33(25-28-46(44)61-47)36-15-9-21-48-52(36)42-17-8-16-37(54(42)63-48)34-23-27-41-40-14-5-7-22-50(40)64-51(41)31-34/h1-31H. The number of aromatic nitrogens is 3. The van der Waals surface area contributed by atoms with Gasteiger partial charge in [-0.25, -0.2) is 15.0 Å². The van der Waals surface area contributed by atoms with Crippen LogP contribution in [0.5, 0.6) is 0 Å². The van der Waals surface area contributed by atoms with Crippen LogP contribution in [0.2, 0.25) is 0 Å². The van der Waals surface area contributed by atoms with Crippen LogP contribution in [0.4, 0.5) is 0 Å². The van der Waals surface area contributed by atoms with Crippen molar-refractivity contribution in [3.05, 3.63) is 188 Å². The van der Waals surface area contributed by atoms with E-state index >= 15 is 0 Å². The summed E-state index contributed by atoms with van der Waals surface area (Å²) in [6.45, 7) is 0. The monoisotopic (exact) mass is 837 g/mol. The Bertz CT molecular complexity index is 4210. The van der Waals surface area contributed by atoms with Gasteiger partial charge in [0.2, 0.25) is 0 Å². The molecule has 0 aliphatic rings. The molecule has 0 aliphatic carbocycles. The number of nitrogens with zero attached hydrogens (tertiary/aromatic N) is 3.